The Morgan fingerprint density at radius 2 is 1.74 bits per heavy atom. The van der Waals surface area contributed by atoms with Gasteiger partial charge in [-0.2, -0.15) is 10.4 Å². The molecule has 1 aromatic heterocycles. The van der Waals surface area contributed by atoms with Crippen molar-refractivity contribution >= 4 is 12.0 Å². The lowest BCUT2D eigenvalue weighted by Crippen LogP contribution is -2.41. The third-order valence-electron chi connectivity index (χ3n) is 6.16. The number of nitrogens with zero attached hydrogens (tertiary/aromatic N) is 4. The number of halogens is 1. The molecule has 0 bridgehead atoms. The molecule has 4 aromatic rings. The third kappa shape index (κ3) is 5.80. The van der Waals surface area contributed by atoms with Gasteiger partial charge in [-0.25, -0.2) is 9.07 Å². The Morgan fingerprint density at radius 3 is 2.42 bits per heavy atom. The molecule has 0 N–H and O–H groups in total. The zero-order chi connectivity index (χ0) is 26.3. The van der Waals surface area contributed by atoms with Gasteiger partial charge in [-0.3, -0.25) is 4.79 Å². The minimum Gasteiger partial charge on any atom is -0.489 e. The van der Waals surface area contributed by atoms with E-state index in [1.807, 2.05) is 60.8 Å². The van der Waals surface area contributed by atoms with E-state index in [1.165, 1.54) is 12.1 Å². The summed E-state index contributed by atoms with van der Waals surface area (Å²) in [6.45, 7) is 2.13. The zero-order valence-electron chi connectivity index (χ0n) is 20.6. The highest BCUT2D eigenvalue weighted by molar-refractivity contribution is 6.02. The number of carbonyl (C=O) groups is 1. The molecule has 0 spiro atoms. The number of amides is 1. The van der Waals surface area contributed by atoms with Crippen LogP contribution in [0, 0.1) is 17.1 Å². The molecule has 38 heavy (non-hydrogen) atoms. The second-order valence-electron chi connectivity index (χ2n) is 8.73. The van der Waals surface area contributed by atoms with Crippen molar-refractivity contribution in [2.24, 2.45) is 0 Å². The predicted molar refractivity (Wildman–Crippen MR) is 141 cm³/mol. The van der Waals surface area contributed by atoms with E-state index in [-0.39, 0.29) is 17.3 Å². The van der Waals surface area contributed by atoms with Crippen molar-refractivity contribution in [3.8, 4) is 28.8 Å². The largest absolute Gasteiger partial charge is 0.489 e. The van der Waals surface area contributed by atoms with Crippen LogP contribution in [0.1, 0.15) is 11.1 Å². The van der Waals surface area contributed by atoms with Crippen LogP contribution in [0.15, 0.2) is 90.6 Å². The maximum Gasteiger partial charge on any atom is 0.264 e. The summed E-state index contributed by atoms with van der Waals surface area (Å²) in [5, 5.41) is 14.6. The van der Waals surface area contributed by atoms with E-state index in [1.54, 1.807) is 27.8 Å². The molecule has 1 fully saturated rings. The van der Waals surface area contributed by atoms with Crippen LogP contribution in [0.2, 0.25) is 0 Å². The van der Waals surface area contributed by atoms with Gasteiger partial charge >= 0.3 is 0 Å². The quantitative estimate of drug-likeness (QED) is 0.259. The van der Waals surface area contributed by atoms with Crippen LogP contribution in [0.5, 0.6) is 5.75 Å². The van der Waals surface area contributed by atoms with Gasteiger partial charge in [0.15, 0.2) is 0 Å². The summed E-state index contributed by atoms with van der Waals surface area (Å²) in [7, 11) is 0. The first-order chi connectivity index (χ1) is 18.6. The number of hydrogen-bond acceptors (Lipinski definition) is 5. The average molecular weight is 509 g/mol. The Kier molecular flexibility index (Phi) is 7.57. The summed E-state index contributed by atoms with van der Waals surface area (Å²) in [4.78, 5) is 14.7. The second-order valence-corrected chi connectivity index (χ2v) is 8.73. The fraction of sp³-hybridized carbons (Fsp3) is 0.167. The van der Waals surface area contributed by atoms with E-state index in [4.69, 9.17) is 14.6 Å². The molecule has 8 heteroatoms. The molecule has 1 aliphatic heterocycles. The lowest BCUT2D eigenvalue weighted by atomic mass is 10.1. The molecule has 1 amide bonds. The lowest BCUT2D eigenvalue weighted by Gasteiger charge is -2.26. The number of para-hydroxylation sites is 1. The van der Waals surface area contributed by atoms with Crippen molar-refractivity contribution < 1.29 is 18.7 Å². The molecule has 0 radical (unpaired) electrons. The van der Waals surface area contributed by atoms with Crippen molar-refractivity contribution in [1.82, 2.24) is 14.7 Å². The van der Waals surface area contributed by atoms with Crippen molar-refractivity contribution in [1.29, 1.82) is 5.26 Å². The first-order valence-electron chi connectivity index (χ1n) is 12.2. The molecule has 7 nitrogen and oxygen atoms in total. The maximum atomic E-state index is 13.1. The Morgan fingerprint density at radius 1 is 1.03 bits per heavy atom. The Bertz CT molecular complexity index is 1470. The van der Waals surface area contributed by atoms with E-state index in [0.29, 0.717) is 49.9 Å². The number of rotatable bonds is 7. The third-order valence-corrected chi connectivity index (χ3v) is 6.16. The Labute approximate surface area is 220 Å². The van der Waals surface area contributed by atoms with Gasteiger partial charge in [0.2, 0.25) is 0 Å². The van der Waals surface area contributed by atoms with Crippen molar-refractivity contribution in [2.45, 2.75) is 6.61 Å². The molecule has 0 atom stereocenters. The first-order valence-corrected chi connectivity index (χ1v) is 12.2. The minimum atomic E-state index is -0.321. The number of nitriles is 1. The smallest absolute Gasteiger partial charge is 0.264 e. The van der Waals surface area contributed by atoms with E-state index in [9.17, 15) is 14.4 Å². The van der Waals surface area contributed by atoms with Gasteiger partial charge in [0.05, 0.1) is 24.6 Å². The van der Waals surface area contributed by atoms with E-state index < -0.39 is 0 Å². The van der Waals surface area contributed by atoms with E-state index in [0.717, 1.165) is 16.8 Å². The highest BCUT2D eigenvalue weighted by atomic mass is 19.1. The van der Waals surface area contributed by atoms with E-state index in [2.05, 4.69) is 6.07 Å². The molecular weight excluding hydrogens is 483 g/mol. The van der Waals surface area contributed by atoms with Crippen LogP contribution >= 0.6 is 0 Å². The van der Waals surface area contributed by atoms with Gasteiger partial charge < -0.3 is 14.4 Å². The van der Waals surface area contributed by atoms with Gasteiger partial charge in [-0.1, -0.05) is 30.3 Å². The van der Waals surface area contributed by atoms with Crippen molar-refractivity contribution in [2.75, 3.05) is 26.3 Å². The van der Waals surface area contributed by atoms with Gasteiger partial charge in [0, 0.05) is 30.4 Å². The molecular formula is C30H25FN4O3. The lowest BCUT2D eigenvalue weighted by molar-refractivity contribution is -0.130. The fourth-order valence-electron chi connectivity index (χ4n) is 4.12. The molecule has 5 rings (SSSR count). The molecule has 190 valence electrons. The topological polar surface area (TPSA) is 80.4 Å². The normalized spacial score (nSPS) is 13.7. The SMILES string of the molecule is N#C/C(=C/c1cn(-c2ccccc2)nc1-c1ccc(OCc2ccc(F)cc2)cc1)C(=O)N1CCOCC1. The van der Waals surface area contributed by atoms with Crippen LogP contribution in [0.3, 0.4) is 0 Å². The van der Waals surface area contributed by atoms with Crippen LogP contribution in [-0.2, 0) is 16.1 Å². The average Bonchev–Trinajstić information content (AvgIpc) is 3.40. The van der Waals surface area contributed by atoms with Crippen molar-refractivity contribution in [3.63, 3.8) is 0 Å². The molecule has 3 aromatic carbocycles. The number of ether oxygens (including phenoxy) is 2. The van der Waals surface area contributed by atoms with Gasteiger partial charge in [0.25, 0.3) is 5.91 Å². The summed E-state index contributed by atoms with van der Waals surface area (Å²) in [5.74, 6) is 0.0423. The standard InChI is InChI=1S/C30H25FN4O3/c31-26-10-6-22(7-11-26)21-38-28-12-8-23(9-13-28)29-25(20-35(33-29)27-4-2-1-3-5-27)18-24(19-32)30(36)34-14-16-37-17-15-34/h1-13,18,20H,14-17,21H2/b24-18-. The Balaban J connectivity index is 1.44. The summed E-state index contributed by atoms with van der Waals surface area (Å²) in [6, 6.07) is 25.3. The van der Waals surface area contributed by atoms with Crippen LogP contribution in [-0.4, -0.2) is 46.9 Å². The number of hydrogen-bond donors (Lipinski definition) is 0. The Hall–Kier alpha value is -4.74. The minimum absolute atomic E-state index is 0.0417. The summed E-state index contributed by atoms with van der Waals surface area (Å²) in [5.41, 5.74) is 3.83. The maximum absolute atomic E-state index is 13.1. The first kappa shape index (κ1) is 24.9. The van der Waals surface area contributed by atoms with E-state index >= 15 is 0 Å². The zero-order valence-corrected chi connectivity index (χ0v) is 20.6. The summed E-state index contributed by atoms with van der Waals surface area (Å²) >= 11 is 0. The molecule has 1 saturated heterocycles. The number of morpholine rings is 1. The summed E-state index contributed by atoms with van der Waals surface area (Å²) < 4.78 is 26.1. The highest BCUT2D eigenvalue weighted by Gasteiger charge is 2.22. The van der Waals surface area contributed by atoms with Gasteiger partial charge in [-0.15, -0.1) is 0 Å². The van der Waals surface area contributed by atoms with Crippen LogP contribution in [0.25, 0.3) is 23.0 Å². The molecule has 0 aliphatic carbocycles. The van der Waals surface area contributed by atoms with Gasteiger partial charge in [0.1, 0.15) is 29.8 Å². The monoisotopic (exact) mass is 508 g/mol. The summed E-state index contributed by atoms with van der Waals surface area (Å²) in [6.07, 6.45) is 3.41. The number of aromatic nitrogens is 2. The fourth-order valence-corrected chi connectivity index (χ4v) is 4.12. The molecule has 1 aliphatic rings. The molecule has 2 heterocycles. The molecule has 0 unspecified atom stereocenters. The van der Waals surface area contributed by atoms with Gasteiger partial charge in [-0.05, 0) is 60.2 Å². The molecule has 0 saturated carbocycles. The van der Waals surface area contributed by atoms with Crippen LogP contribution in [0.4, 0.5) is 4.39 Å². The van der Waals surface area contributed by atoms with Crippen molar-refractivity contribution in [3.05, 3.63) is 108 Å². The second kappa shape index (κ2) is 11.5. The number of benzene rings is 3. The number of carbonyl (C=O) groups excluding carboxylic acids is 1. The predicted octanol–water partition coefficient (Wildman–Crippen LogP) is 5.02. The highest BCUT2D eigenvalue weighted by Crippen LogP contribution is 2.28. The van der Waals surface area contributed by atoms with Crippen LogP contribution < -0.4 is 4.74 Å².